The predicted molar refractivity (Wildman–Crippen MR) is 120 cm³/mol. The number of rotatable bonds is 7. The predicted octanol–water partition coefficient (Wildman–Crippen LogP) is 5.40. The van der Waals surface area contributed by atoms with E-state index in [0.29, 0.717) is 28.8 Å². The van der Waals surface area contributed by atoms with E-state index in [4.69, 9.17) is 28.2 Å². The summed E-state index contributed by atoms with van der Waals surface area (Å²) in [6.07, 6.45) is 5.15. The number of hydrogen-bond acceptors (Lipinski definition) is 6. The Hall–Kier alpha value is -3.49. The van der Waals surface area contributed by atoms with Crippen molar-refractivity contribution in [3.8, 4) is 22.5 Å². The summed E-state index contributed by atoms with van der Waals surface area (Å²) in [5.74, 6) is 0.547. The number of imidazole rings is 1. The van der Waals surface area contributed by atoms with Crippen molar-refractivity contribution >= 4 is 34.7 Å². The number of aromatic amines is 1. The van der Waals surface area contributed by atoms with Crippen molar-refractivity contribution in [2.45, 2.75) is 6.42 Å². The molecule has 0 aliphatic rings. The lowest BCUT2D eigenvalue weighted by Gasteiger charge is -2.12. The van der Waals surface area contributed by atoms with E-state index in [2.05, 4.69) is 20.3 Å². The van der Waals surface area contributed by atoms with E-state index in [1.807, 2.05) is 18.2 Å². The molecule has 0 bridgehead atoms. The highest BCUT2D eigenvalue weighted by Crippen LogP contribution is 2.31. The molecular weight excluding hydrogens is 439 g/mol. The molecule has 0 saturated carbocycles. The second kappa shape index (κ2) is 9.11. The molecule has 10 heteroatoms. The van der Waals surface area contributed by atoms with Crippen molar-refractivity contribution in [1.82, 2.24) is 19.9 Å². The molecule has 1 aromatic carbocycles. The molecule has 0 spiro atoms. The SMILES string of the molecule is O=[N+]([O-])c1ccc(NCCc2nc(-c3ccc(Cl)cc3Cl)ccc2-c2cnc[nH]2)nc1. The summed E-state index contributed by atoms with van der Waals surface area (Å²) in [5, 5.41) is 15.0. The number of benzene rings is 1. The molecule has 2 N–H and O–H groups in total. The van der Waals surface area contributed by atoms with Crippen LogP contribution in [-0.4, -0.2) is 31.4 Å². The van der Waals surface area contributed by atoms with Crippen LogP contribution in [0.25, 0.3) is 22.5 Å². The molecular formula is C21H16Cl2N6O2. The van der Waals surface area contributed by atoms with Gasteiger partial charge in [0.1, 0.15) is 12.0 Å². The first kappa shape index (κ1) is 20.8. The van der Waals surface area contributed by atoms with Crippen molar-refractivity contribution in [3.63, 3.8) is 0 Å². The van der Waals surface area contributed by atoms with Crippen LogP contribution in [0.3, 0.4) is 0 Å². The average molecular weight is 455 g/mol. The Morgan fingerprint density at radius 2 is 1.90 bits per heavy atom. The zero-order valence-electron chi connectivity index (χ0n) is 16.0. The minimum atomic E-state index is -0.481. The summed E-state index contributed by atoms with van der Waals surface area (Å²) >= 11 is 12.4. The first-order valence-corrected chi connectivity index (χ1v) is 10.1. The van der Waals surface area contributed by atoms with E-state index >= 15 is 0 Å². The lowest BCUT2D eigenvalue weighted by atomic mass is 10.0. The van der Waals surface area contributed by atoms with Gasteiger partial charge in [0.25, 0.3) is 5.69 Å². The van der Waals surface area contributed by atoms with Crippen LogP contribution in [0.1, 0.15) is 5.69 Å². The maximum absolute atomic E-state index is 10.8. The highest BCUT2D eigenvalue weighted by atomic mass is 35.5. The summed E-state index contributed by atoms with van der Waals surface area (Å²) in [5.41, 5.74) is 4.07. The van der Waals surface area contributed by atoms with Crippen LogP contribution in [0.5, 0.6) is 0 Å². The fourth-order valence-electron chi connectivity index (χ4n) is 3.10. The highest BCUT2D eigenvalue weighted by molar-refractivity contribution is 6.36. The molecule has 31 heavy (non-hydrogen) atoms. The van der Waals surface area contributed by atoms with Gasteiger partial charge in [0.2, 0.25) is 0 Å². The van der Waals surface area contributed by atoms with Gasteiger partial charge in [-0.25, -0.2) is 9.97 Å². The smallest absolute Gasteiger partial charge is 0.287 e. The van der Waals surface area contributed by atoms with Gasteiger partial charge in [-0.15, -0.1) is 0 Å². The molecule has 0 saturated heterocycles. The van der Waals surface area contributed by atoms with E-state index < -0.39 is 4.92 Å². The Labute approximate surface area is 187 Å². The second-order valence-electron chi connectivity index (χ2n) is 6.62. The van der Waals surface area contributed by atoms with E-state index in [9.17, 15) is 10.1 Å². The quantitative estimate of drug-likeness (QED) is 0.285. The Kier molecular flexibility index (Phi) is 6.11. The van der Waals surface area contributed by atoms with E-state index in [1.165, 1.54) is 12.3 Å². The number of nitrogens with one attached hydrogen (secondary N) is 2. The Balaban J connectivity index is 1.58. The summed E-state index contributed by atoms with van der Waals surface area (Å²) < 4.78 is 0. The van der Waals surface area contributed by atoms with Gasteiger partial charge in [-0.1, -0.05) is 23.2 Å². The summed E-state index contributed by atoms with van der Waals surface area (Å²) in [7, 11) is 0. The third-order valence-electron chi connectivity index (χ3n) is 4.60. The molecule has 0 aliphatic heterocycles. The van der Waals surface area contributed by atoms with E-state index in [1.54, 1.807) is 30.7 Å². The molecule has 0 amide bonds. The first-order chi connectivity index (χ1) is 15.0. The molecule has 3 heterocycles. The Morgan fingerprint density at radius 1 is 1.06 bits per heavy atom. The number of nitro groups is 1. The first-order valence-electron chi connectivity index (χ1n) is 9.29. The number of nitrogens with zero attached hydrogens (tertiary/aromatic N) is 4. The lowest BCUT2D eigenvalue weighted by molar-refractivity contribution is -0.385. The van der Waals surface area contributed by atoms with Gasteiger partial charge in [-0.05, 0) is 36.4 Å². The summed E-state index contributed by atoms with van der Waals surface area (Å²) in [4.78, 5) is 26.4. The maximum atomic E-state index is 10.8. The number of pyridine rings is 2. The highest BCUT2D eigenvalue weighted by Gasteiger charge is 2.13. The second-order valence-corrected chi connectivity index (χ2v) is 7.46. The Bertz CT molecular complexity index is 1210. The normalized spacial score (nSPS) is 10.8. The van der Waals surface area contributed by atoms with Crippen molar-refractivity contribution in [3.05, 3.63) is 87.0 Å². The summed E-state index contributed by atoms with van der Waals surface area (Å²) in [6, 6.07) is 12.2. The number of anilines is 1. The molecule has 156 valence electrons. The zero-order chi connectivity index (χ0) is 21.8. The molecule has 3 aromatic heterocycles. The van der Waals surface area contributed by atoms with E-state index in [0.717, 1.165) is 28.2 Å². The van der Waals surface area contributed by atoms with Crippen LogP contribution in [0, 0.1) is 10.1 Å². The van der Waals surface area contributed by atoms with Gasteiger partial charge in [-0.3, -0.25) is 15.1 Å². The van der Waals surface area contributed by atoms with Gasteiger partial charge < -0.3 is 10.3 Å². The maximum Gasteiger partial charge on any atom is 0.287 e. The molecule has 0 unspecified atom stereocenters. The Morgan fingerprint density at radius 3 is 2.58 bits per heavy atom. The van der Waals surface area contributed by atoms with Crippen molar-refractivity contribution in [2.75, 3.05) is 11.9 Å². The average Bonchev–Trinajstić information content (AvgIpc) is 3.29. The van der Waals surface area contributed by atoms with Gasteiger partial charge in [0, 0.05) is 35.2 Å². The van der Waals surface area contributed by atoms with Gasteiger partial charge in [0.15, 0.2) is 0 Å². The molecule has 0 aliphatic carbocycles. The molecule has 0 atom stereocenters. The topological polar surface area (TPSA) is 110 Å². The van der Waals surface area contributed by atoms with Crippen LogP contribution in [0.15, 0.2) is 61.2 Å². The monoisotopic (exact) mass is 454 g/mol. The van der Waals surface area contributed by atoms with Crippen LogP contribution in [-0.2, 0) is 6.42 Å². The van der Waals surface area contributed by atoms with Crippen LogP contribution < -0.4 is 5.32 Å². The minimum Gasteiger partial charge on any atom is -0.370 e. The standard InChI is InChI=1S/C21H16Cl2N6O2/c22-13-1-3-15(17(23)9-13)18-5-4-16(20-11-24-12-27-20)19(28-18)7-8-25-21-6-2-14(10-26-21)29(30)31/h1-6,9-12H,7-8H2,(H,24,27)(H,25,26). The number of aromatic nitrogens is 4. The molecule has 8 nitrogen and oxygen atoms in total. The summed E-state index contributed by atoms with van der Waals surface area (Å²) in [6.45, 7) is 0.525. The van der Waals surface area contributed by atoms with Gasteiger partial charge >= 0.3 is 0 Å². The van der Waals surface area contributed by atoms with Crippen LogP contribution >= 0.6 is 23.2 Å². The number of H-pyrrole nitrogens is 1. The third kappa shape index (κ3) is 4.82. The van der Waals surface area contributed by atoms with Crippen molar-refractivity contribution in [1.29, 1.82) is 0 Å². The largest absolute Gasteiger partial charge is 0.370 e. The van der Waals surface area contributed by atoms with Crippen LogP contribution in [0.2, 0.25) is 10.0 Å². The van der Waals surface area contributed by atoms with Gasteiger partial charge in [0.05, 0.1) is 39.6 Å². The fraction of sp³-hybridized carbons (Fsp3) is 0.0952. The van der Waals surface area contributed by atoms with Crippen molar-refractivity contribution in [2.24, 2.45) is 0 Å². The number of halogens is 2. The molecule has 4 aromatic rings. The van der Waals surface area contributed by atoms with Gasteiger partial charge in [-0.2, -0.15) is 0 Å². The minimum absolute atomic E-state index is 0.0544. The molecule has 0 radical (unpaired) electrons. The molecule has 4 rings (SSSR count). The van der Waals surface area contributed by atoms with Crippen molar-refractivity contribution < 1.29 is 4.92 Å². The zero-order valence-corrected chi connectivity index (χ0v) is 17.6. The fourth-order valence-corrected chi connectivity index (χ4v) is 3.60. The van der Waals surface area contributed by atoms with Crippen LogP contribution in [0.4, 0.5) is 11.5 Å². The molecule has 0 fully saturated rings. The third-order valence-corrected chi connectivity index (χ3v) is 5.14. The lowest BCUT2D eigenvalue weighted by Crippen LogP contribution is -2.09. The van der Waals surface area contributed by atoms with E-state index in [-0.39, 0.29) is 5.69 Å². The number of hydrogen-bond donors (Lipinski definition) is 2.